The maximum absolute atomic E-state index is 12.6. The Morgan fingerprint density at radius 2 is 1.88 bits per heavy atom. The molecule has 132 valence electrons. The molecule has 1 aromatic rings. The summed E-state index contributed by atoms with van der Waals surface area (Å²) in [5.74, 6) is 1.72. The van der Waals surface area contributed by atoms with Gasteiger partial charge in [-0.1, -0.05) is 19.1 Å². The van der Waals surface area contributed by atoms with Crippen LogP contribution in [0, 0.1) is 5.92 Å². The van der Waals surface area contributed by atoms with Crippen LogP contribution in [0.3, 0.4) is 0 Å². The first kappa shape index (κ1) is 17.3. The van der Waals surface area contributed by atoms with Crippen molar-refractivity contribution in [2.24, 2.45) is 10.9 Å². The highest BCUT2D eigenvalue weighted by atomic mass is 19.4. The first-order chi connectivity index (χ1) is 11.4. The highest BCUT2D eigenvalue weighted by molar-refractivity contribution is 5.92. The summed E-state index contributed by atoms with van der Waals surface area (Å²) in [4.78, 5) is 4.67. The Labute approximate surface area is 140 Å². The molecule has 1 spiro atoms. The zero-order chi connectivity index (χ0) is 17.2. The molecule has 1 fully saturated rings. The lowest BCUT2D eigenvalue weighted by Crippen LogP contribution is -2.61. The van der Waals surface area contributed by atoms with E-state index in [4.69, 9.17) is 0 Å². The van der Waals surface area contributed by atoms with Crippen molar-refractivity contribution in [1.29, 1.82) is 0 Å². The molecule has 3 rings (SSSR count). The number of rotatable bonds is 2. The van der Waals surface area contributed by atoms with Gasteiger partial charge < -0.3 is 10.6 Å². The van der Waals surface area contributed by atoms with Crippen molar-refractivity contribution in [2.45, 2.75) is 50.9 Å². The van der Waals surface area contributed by atoms with Gasteiger partial charge in [-0.25, -0.2) is 0 Å². The Balaban J connectivity index is 1.65. The van der Waals surface area contributed by atoms with Crippen LogP contribution in [0.5, 0.6) is 0 Å². The second-order valence-corrected chi connectivity index (χ2v) is 6.97. The minimum absolute atomic E-state index is 0.0727. The predicted molar refractivity (Wildman–Crippen MR) is 89.0 cm³/mol. The average Bonchev–Trinajstić information content (AvgIpc) is 2.56. The fourth-order valence-corrected chi connectivity index (χ4v) is 3.59. The van der Waals surface area contributed by atoms with Crippen LogP contribution in [-0.2, 0) is 12.7 Å². The number of aliphatic imine (C=N–C) groups is 1. The van der Waals surface area contributed by atoms with E-state index in [1.807, 2.05) is 0 Å². The molecule has 0 aromatic heterocycles. The summed E-state index contributed by atoms with van der Waals surface area (Å²) in [5, 5.41) is 7.01. The van der Waals surface area contributed by atoms with Gasteiger partial charge in [0.25, 0.3) is 0 Å². The van der Waals surface area contributed by atoms with Crippen molar-refractivity contribution < 1.29 is 13.2 Å². The largest absolute Gasteiger partial charge is 0.416 e. The van der Waals surface area contributed by atoms with E-state index in [1.54, 1.807) is 0 Å². The molecule has 1 heterocycles. The summed E-state index contributed by atoms with van der Waals surface area (Å²) < 4.78 is 37.9. The van der Waals surface area contributed by atoms with Crippen LogP contribution in [0.4, 0.5) is 13.2 Å². The summed E-state index contributed by atoms with van der Waals surface area (Å²) in [6, 6.07) is 5.33. The Bertz CT molecular complexity index is 585. The molecule has 0 bridgehead atoms. The molecular formula is C18H24F3N3. The first-order valence-electron chi connectivity index (χ1n) is 8.59. The maximum Gasteiger partial charge on any atom is 0.416 e. The Hall–Kier alpha value is -1.56. The van der Waals surface area contributed by atoms with Gasteiger partial charge in [0.1, 0.15) is 5.84 Å². The van der Waals surface area contributed by atoms with Crippen LogP contribution < -0.4 is 10.6 Å². The smallest absolute Gasteiger partial charge is 0.368 e. The molecule has 2 aliphatic rings. The third-order valence-corrected chi connectivity index (χ3v) is 5.17. The van der Waals surface area contributed by atoms with E-state index < -0.39 is 11.7 Å². The first-order valence-corrected chi connectivity index (χ1v) is 8.59. The van der Waals surface area contributed by atoms with Gasteiger partial charge in [0.15, 0.2) is 0 Å². The molecule has 1 aliphatic heterocycles. The SMILES string of the molecule is CC1CCC2(CC1)NCCN=C2NCc1ccc(C(F)(F)F)cc1. The van der Waals surface area contributed by atoms with E-state index in [9.17, 15) is 13.2 Å². The van der Waals surface area contributed by atoms with Gasteiger partial charge >= 0.3 is 6.18 Å². The van der Waals surface area contributed by atoms with Gasteiger partial charge in [-0.2, -0.15) is 13.2 Å². The van der Waals surface area contributed by atoms with Crippen molar-refractivity contribution in [2.75, 3.05) is 13.1 Å². The molecule has 1 aromatic carbocycles. The van der Waals surface area contributed by atoms with Gasteiger partial charge in [-0.05, 0) is 49.3 Å². The fourth-order valence-electron chi connectivity index (χ4n) is 3.59. The Morgan fingerprint density at radius 1 is 1.21 bits per heavy atom. The molecule has 0 amide bonds. The lowest BCUT2D eigenvalue weighted by Gasteiger charge is -2.43. The second kappa shape index (κ2) is 6.75. The molecular weight excluding hydrogens is 315 g/mol. The fraction of sp³-hybridized carbons (Fsp3) is 0.611. The average molecular weight is 339 g/mol. The van der Waals surface area contributed by atoms with Crippen LogP contribution in [-0.4, -0.2) is 24.5 Å². The van der Waals surface area contributed by atoms with E-state index >= 15 is 0 Å². The molecule has 0 saturated heterocycles. The van der Waals surface area contributed by atoms with Gasteiger partial charge in [-0.3, -0.25) is 4.99 Å². The number of halogens is 3. The van der Waals surface area contributed by atoms with Crippen molar-refractivity contribution in [1.82, 2.24) is 10.6 Å². The van der Waals surface area contributed by atoms with Crippen molar-refractivity contribution >= 4 is 5.84 Å². The highest BCUT2D eigenvalue weighted by Gasteiger charge is 2.39. The molecule has 0 radical (unpaired) electrons. The third kappa shape index (κ3) is 3.74. The third-order valence-electron chi connectivity index (χ3n) is 5.17. The van der Waals surface area contributed by atoms with Crippen LogP contribution in [0.15, 0.2) is 29.3 Å². The number of hydrogen-bond acceptors (Lipinski definition) is 3. The quantitative estimate of drug-likeness (QED) is 0.861. The number of nitrogens with one attached hydrogen (secondary N) is 2. The normalized spacial score (nSPS) is 27.8. The number of nitrogens with zero attached hydrogens (tertiary/aromatic N) is 1. The Kier molecular flexibility index (Phi) is 4.85. The topological polar surface area (TPSA) is 36.4 Å². The Morgan fingerprint density at radius 3 is 2.50 bits per heavy atom. The van der Waals surface area contributed by atoms with Crippen LogP contribution >= 0.6 is 0 Å². The summed E-state index contributed by atoms with van der Waals surface area (Å²) >= 11 is 0. The summed E-state index contributed by atoms with van der Waals surface area (Å²) in [6.45, 7) is 4.41. The number of hydrogen-bond donors (Lipinski definition) is 2. The van der Waals surface area contributed by atoms with Crippen molar-refractivity contribution in [3.05, 3.63) is 35.4 Å². The lowest BCUT2D eigenvalue weighted by atomic mass is 9.75. The highest BCUT2D eigenvalue weighted by Crippen LogP contribution is 2.33. The number of benzene rings is 1. The molecule has 0 unspecified atom stereocenters. The molecule has 24 heavy (non-hydrogen) atoms. The van der Waals surface area contributed by atoms with E-state index in [2.05, 4.69) is 22.5 Å². The molecule has 1 saturated carbocycles. The van der Waals surface area contributed by atoms with Crippen LogP contribution in [0.1, 0.15) is 43.7 Å². The van der Waals surface area contributed by atoms with E-state index in [0.717, 1.165) is 55.4 Å². The van der Waals surface area contributed by atoms with Gasteiger partial charge in [0, 0.05) is 13.1 Å². The molecule has 1 aliphatic carbocycles. The van der Waals surface area contributed by atoms with Crippen molar-refractivity contribution in [3.63, 3.8) is 0 Å². The second-order valence-electron chi connectivity index (χ2n) is 6.97. The molecule has 0 atom stereocenters. The standard InChI is InChI=1S/C18H24F3N3/c1-13-6-8-17(9-7-13)16(22-10-11-24-17)23-12-14-2-4-15(5-3-14)18(19,20)21/h2-5,13,24H,6-12H2,1H3,(H,22,23). The minimum Gasteiger partial charge on any atom is -0.368 e. The number of alkyl halides is 3. The number of amidine groups is 1. The molecule has 2 N–H and O–H groups in total. The van der Waals surface area contributed by atoms with Crippen molar-refractivity contribution in [3.8, 4) is 0 Å². The maximum atomic E-state index is 12.6. The molecule has 3 nitrogen and oxygen atoms in total. The van der Waals surface area contributed by atoms with Gasteiger partial charge in [-0.15, -0.1) is 0 Å². The van der Waals surface area contributed by atoms with Gasteiger partial charge in [0.2, 0.25) is 0 Å². The van der Waals surface area contributed by atoms with Crippen LogP contribution in [0.2, 0.25) is 0 Å². The summed E-state index contributed by atoms with van der Waals surface area (Å²) in [5.41, 5.74) is 0.146. The minimum atomic E-state index is -4.29. The summed E-state index contributed by atoms with van der Waals surface area (Å²) in [6.07, 6.45) is 0.189. The molecule has 6 heteroatoms. The van der Waals surface area contributed by atoms with E-state index in [1.165, 1.54) is 25.0 Å². The van der Waals surface area contributed by atoms with E-state index in [-0.39, 0.29) is 5.54 Å². The zero-order valence-electron chi connectivity index (χ0n) is 13.9. The predicted octanol–water partition coefficient (Wildman–Crippen LogP) is 3.75. The zero-order valence-corrected chi connectivity index (χ0v) is 13.9. The van der Waals surface area contributed by atoms with Gasteiger partial charge in [0.05, 0.1) is 17.6 Å². The lowest BCUT2D eigenvalue weighted by molar-refractivity contribution is -0.137. The summed E-state index contributed by atoms with van der Waals surface area (Å²) in [7, 11) is 0. The monoisotopic (exact) mass is 339 g/mol. The van der Waals surface area contributed by atoms with E-state index in [0.29, 0.717) is 6.54 Å². The van der Waals surface area contributed by atoms with Crippen LogP contribution in [0.25, 0.3) is 0 Å².